The lowest BCUT2D eigenvalue weighted by Crippen LogP contribution is -2.57. The Kier molecular flexibility index (Phi) is 6.51. The number of hydrogen-bond acceptors (Lipinski definition) is 7. The smallest absolute Gasteiger partial charge is 0.323 e. The van der Waals surface area contributed by atoms with E-state index in [1.807, 2.05) is 13.8 Å². The monoisotopic (exact) mass is 339 g/mol. The summed E-state index contributed by atoms with van der Waals surface area (Å²) in [6.07, 6.45) is -0.903. The average molecular weight is 339 g/mol. The van der Waals surface area contributed by atoms with Crippen LogP contribution in [0, 0.1) is 5.92 Å². The van der Waals surface area contributed by atoms with E-state index in [1.165, 1.54) is 27.2 Å². The Morgan fingerprint density at radius 3 is 2.00 bits per heavy atom. The summed E-state index contributed by atoms with van der Waals surface area (Å²) in [5.41, 5.74) is -0.971. The molecule has 0 saturated heterocycles. The van der Waals surface area contributed by atoms with Gasteiger partial charge in [0.15, 0.2) is 11.9 Å². The molecule has 0 spiro atoms. The van der Waals surface area contributed by atoms with Crippen LogP contribution in [0.5, 0.6) is 17.8 Å². The number of hydrogen-bond donors (Lipinski definition) is 1. The number of carbonyl (C=O) groups excluding carboxylic acids is 2. The number of ether oxygens (including phenoxy) is 3. The van der Waals surface area contributed by atoms with Crippen molar-refractivity contribution in [1.29, 1.82) is 0 Å². The van der Waals surface area contributed by atoms with Crippen molar-refractivity contribution in [3.63, 3.8) is 0 Å². The minimum absolute atomic E-state index is 0.0528. The molecule has 0 aliphatic rings. The summed E-state index contributed by atoms with van der Waals surface area (Å²) in [5.74, 6) is -0.135. The van der Waals surface area contributed by atoms with Crippen molar-refractivity contribution in [2.75, 3.05) is 14.2 Å². The summed E-state index contributed by atoms with van der Waals surface area (Å²) >= 11 is 0. The maximum atomic E-state index is 12.4. The topological polar surface area (TPSA) is 99.6 Å². The molecule has 8 heteroatoms. The van der Waals surface area contributed by atoms with Crippen LogP contribution >= 0.6 is 0 Å². The summed E-state index contributed by atoms with van der Waals surface area (Å²) in [5, 5.41) is 2.74. The van der Waals surface area contributed by atoms with Crippen LogP contribution in [-0.2, 0) is 9.59 Å². The van der Waals surface area contributed by atoms with Crippen molar-refractivity contribution in [3.05, 3.63) is 6.07 Å². The fraction of sp³-hybridized carbons (Fsp3) is 0.625. The summed E-state index contributed by atoms with van der Waals surface area (Å²) in [7, 11) is 2.89. The Morgan fingerprint density at radius 2 is 1.62 bits per heavy atom. The Morgan fingerprint density at radius 1 is 1.12 bits per heavy atom. The predicted octanol–water partition coefficient (Wildman–Crippen LogP) is 1.38. The predicted molar refractivity (Wildman–Crippen MR) is 87.3 cm³/mol. The molecule has 0 radical (unpaired) electrons. The first-order chi connectivity index (χ1) is 11.1. The molecule has 0 aromatic carbocycles. The Labute approximate surface area is 141 Å². The normalized spacial score (nSPS) is 14.5. The van der Waals surface area contributed by atoms with Gasteiger partial charge in [-0.2, -0.15) is 9.97 Å². The van der Waals surface area contributed by atoms with Crippen LogP contribution in [0.1, 0.15) is 34.6 Å². The van der Waals surface area contributed by atoms with Crippen LogP contribution < -0.4 is 19.5 Å². The van der Waals surface area contributed by atoms with E-state index in [1.54, 1.807) is 13.8 Å². The molecule has 2 atom stereocenters. The van der Waals surface area contributed by atoms with Gasteiger partial charge in [-0.1, -0.05) is 13.8 Å². The molecule has 1 rings (SSSR count). The first-order valence-electron chi connectivity index (χ1n) is 7.60. The zero-order valence-electron chi connectivity index (χ0n) is 15.2. The van der Waals surface area contributed by atoms with Crippen LogP contribution in [0.4, 0.5) is 0 Å². The molecular formula is C16H25N3O5. The van der Waals surface area contributed by atoms with Gasteiger partial charge < -0.3 is 19.5 Å². The summed E-state index contributed by atoms with van der Waals surface area (Å²) < 4.78 is 15.5. The number of nitrogens with one attached hydrogen (secondary N) is 1. The molecule has 8 nitrogen and oxygen atoms in total. The second kappa shape index (κ2) is 7.94. The largest absolute Gasteiger partial charge is 0.481 e. The second-order valence-corrected chi connectivity index (χ2v) is 5.90. The van der Waals surface area contributed by atoms with Gasteiger partial charge in [0.2, 0.25) is 11.8 Å². The second-order valence-electron chi connectivity index (χ2n) is 5.90. The summed E-state index contributed by atoms with van der Waals surface area (Å²) in [6.45, 7) is 8.41. The van der Waals surface area contributed by atoms with E-state index >= 15 is 0 Å². The molecule has 1 heterocycles. The standard InChI is InChI=1S/C16H25N3O5/c1-9(2)16(5,11(4)20)19-14(21)10(3)24-15-17-12(22-6)8-13(18-15)23-7/h8-10H,1-7H3,(H,19,21). The molecule has 0 fully saturated rings. The number of amides is 1. The van der Waals surface area contributed by atoms with Crippen LogP contribution in [-0.4, -0.2) is 47.5 Å². The van der Waals surface area contributed by atoms with Gasteiger partial charge in [0.1, 0.15) is 0 Å². The molecule has 1 aromatic rings. The molecule has 0 bridgehead atoms. The minimum atomic E-state index is -0.971. The number of methoxy groups -OCH3 is 2. The first-order valence-corrected chi connectivity index (χ1v) is 7.60. The van der Waals surface area contributed by atoms with Crippen molar-refractivity contribution in [2.24, 2.45) is 5.92 Å². The molecule has 134 valence electrons. The van der Waals surface area contributed by atoms with Crippen molar-refractivity contribution < 1.29 is 23.8 Å². The van der Waals surface area contributed by atoms with Crippen LogP contribution in [0.15, 0.2) is 6.07 Å². The number of Topliss-reactive ketones (excluding diaryl/α,β-unsaturated/α-hetero) is 1. The van der Waals surface area contributed by atoms with Gasteiger partial charge in [0.25, 0.3) is 5.91 Å². The van der Waals surface area contributed by atoms with Gasteiger partial charge in [-0.25, -0.2) is 0 Å². The molecular weight excluding hydrogens is 314 g/mol. The lowest BCUT2D eigenvalue weighted by Gasteiger charge is -2.33. The van der Waals surface area contributed by atoms with E-state index in [0.717, 1.165) is 0 Å². The van der Waals surface area contributed by atoms with E-state index < -0.39 is 17.6 Å². The number of carbonyl (C=O) groups is 2. The highest BCUT2D eigenvalue weighted by molar-refractivity contribution is 5.92. The Hall–Kier alpha value is -2.38. The van der Waals surface area contributed by atoms with E-state index in [2.05, 4.69) is 15.3 Å². The maximum Gasteiger partial charge on any atom is 0.323 e. The van der Waals surface area contributed by atoms with Crippen LogP contribution in [0.25, 0.3) is 0 Å². The van der Waals surface area contributed by atoms with E-state index in [0.29, 0.717) is 0 Å². The lowest BCUT2D eigenvalue weighted by atomic mass is 9.84. The zero-order chi connectivity index (χ0) is 18.5. The fourth-order valence-corrected chi connectivity index (χ4v) is 1.85. The van der Waals surface area contributed by atoms with Gasteiger partial charge in [0.05, 0.1) is 25.8 Å². The average Bonchev–Trinajstić information content (AvgIpc) is 2.53. The molecule has 1 amide bonds. The van der Waals surface area contributed by atoms with Crippen molar-refractivity contribution >= 4 is 11.7 Å². The van der Waals surface area contributed by atoms with Crippen molar-refractivity contribution in [1.82, 2.24) is 15.3 Å². The number of rotatable bonds is 8. The first kappa shape index (κ1) is 19.7. The molecule has 1 aromatic heterocycles. The Bertz CT molecular complexity index is 583. The van der Waals surface area contributed by atoms with Gasteiger partial charge in [0, 0.05) is 0 Å². The molecule has 1 N–H and O–H groups in total. The minimum Gasteiger partial charge on any atom is -0.481 e. The Balaban J connectivity index is 2.89. The fourth-order valence-electron chi connectivity index (χ4n) is 1.85. The highest BCUT2D eigenvalue weighted by Gasteiger charge is 2.36. The molecule has 0 aliphatic heterocycles. The van der Waals surface area contributed by atoms with Crippen molar-refractivity contribution in [3.8, 4) is 17.8 Å². The highest BCUT2D eigenvalue weighted by Crippen LogP contribution is 2.21. The zero-order valence-corrected chi connectivity index (χ0v) is 15.2. The lowest BCUT2D eigenvalue weighted by molar-refractivity contribution is -0.135. The van der Waals surface area contributed by atoms with Gasteiger partial charge >= 0.3 is 6.01 Å². The SMILES string of the molecule is COc1cc(OC)nc(OC(C)C(=O)NC(C)(C(C)=O)C(C)C)n1. The van der Waals surface area contributed by atoms with E-state index in [9.17, 15) is 9.59 Å². The number of nitrogens with zero attached hydrogens (tertiary/aromatic N) is 2. The van der Waals surface area contributed by atoms with Crippen LogP contribution in [0.3, 0.4) is 0 Å². The van der Waals surface area contributed by atoms with E-state index in [-0.39, 0.29) is 29.5 Å². The quantitative estimate of drug-likeness (QED) is 0.763. The summed E-state index contributed by atoms with van der Waals surface area (Å²) in [4.78, 5) is 32.3. The molecule has 24 heavy (non-hydrogen) atoms. The third-order valence-electron chi connectivity index (χ3n) is 4.00. The van der Waals surface area contributed by atoms with E-state index in [4.69, 9.17) is 14.2 Å². The van der Waals surface area contributed by atoms with Gasteiger partial charge in [-0.05, 0) is 26.7 Å². The van der Waals surface area contributed by atoms with Crippen molar-refractivity contribution in [2.45, 2.75) is 46.3 Å². The number of aromatic nitrogens is 2. The summed E-state index contributed by atoms with van der Waals surface area (Å²) in [6, 6.07) is 1.44. The molecule has 2 unspecified atom stereocenters. The third-order valence-corrected chi connectivity index (χ3v) is 4.00. The maximum absolute atomic E-state index is 12.4. The number of ketones is 1. The molecule has 0 saturated carbocycles. The van der Waals surface area contributed by atoms with Gasteiger partial charge in [-0.15, -0.1) is 0 Å². The van der Waals surface area contributed by atoms with Gasteiger partial charge in [-0.3, -0.25) is 9.59 Å². The highest BCUT2D eigenvalue weighted by atomic mass is 16.5. The molecule has 0 aliphatic carbocycles. The van der Waals surface area contributed by atoms with Crippen LogP contribution in [0.2, 0.25) is 0 Å². The third kappa shape index (κ3) is 4.56.